The van der Waals surface area contributed by atoms with Gasteiger partial charge in [0.05, 0.1) is 17.7 Å². The van der Waals surface area contributed by atoms with Crippen molar-refractivity contribution in [3.8, 4) is 22.6 Å². The van der Waals surface area contributed by atoms with Gasteiger partial charge < -0.3 is 4.74 Å². The zero-order valence-electron chi connectivity index (χ0n) is 16.2. The lowest BCUT2D eigenvalue weighted by Crippen LogP contribution is -2.11. The largest absolute Gasteiger partial charge is 0.497 e. The molecule has 7 nitrogen and oxygen atoms in total. The molecule has 0 unspecified atom stereocenters. The Labute approximate surface area is 172 Å². The molecule has 9 heteroatoms. The van der Waals surface area contributed by atoms with Crippen LogP contribution in [-0.2, 0) is 9.84 Å². The van der Waals surface area contributed by atoms with Crippen molar-refractivity contribution in [1.29, 1.82) is 0 Å². The number of sulfone groups is 1. The number of hydrogen-bond acceptors (Lipinski definition) is 6. The second-order valence-corrected chi connectivity index (χ2v) is 8.43. The van der Waals surface area contributed by atoms with Crippen LogP contribution in [0.1, 0.15) is 5.56 Å². The van der Waals surface area contributed by atoms with Gasteiger partial charge in [0.1, 0.15) is 11.6 Å². The normalized spacial score (nSPS) is 11.4. The van der Waals surface area contributed by atoms with Gasteiger partial charge in [-0.3, -0.25) is 0 Å². The predicted molar refractivity (Wildman–Crippen MR) is 108 cm³/mol. The number of ether oxygens (including phenoxy) is 1. The number of aromatic nitrogens is 4. The first-order valence-electron chi connectivity index (χ1n) is 8.94. The van der Waals surface area contributed by atoms with E-state index in [1.54, 1.807) is 43.5 Å². The van der Waals surface area contributed by atoms with Crippen LogP contribution < -0.4 is 4.74 Å². The minimum atomic E-state index is -3.97. The predicted octanol–water partition coefficient (Wildman–Crippen LogP) is 3.62. The van der Waals surface area contributed by atoms with Crippen LogP contribution in [0.3, 0.4) is 0 Å². The van der Waals surface area contributed by atoms with Crippen molar-refractivity contribution in [2.75, 3.05) is 7.11 Å². The molecule has 4 aromatic rings. The maximum absolute atomic E-state index is 14.5. The zero-order valence-corrected chi connectivity index (χ0v) is 17.0. The van der Waals surface area contributed by atoms with Crippen LogP contribution in [0.25, 0.3) is 16.8 Å². The number of nitrogens with zero attached hydrogens (tertiary/aromatic N) is 4. The summed E-state index contributed by atoms with van der Waals surface area (Å²) in [6.07, 6.45) is 0. The summed E-state index contributed by atoms with van der Waals surface area (Å²) in [5, 5.41) is 10.7. The SMILES string of the molecule is COc1ccc(-c2cc(-n3nnnc3S(=O)(=O)c3ccc(C)cc3)ccc2F)cc1. The number of halogens is 1. The number of methoxy groups -OCH3 is 1. The number of benzene rings is 3. The fourth-order valence-electron chi connectivity index (χ4n) is 2.97. The highest BCUT2D eigenvalue weighted by Crippen LogP contribution is 2.28. The Morgan fingerprint density at radius 2 is 1.67 bits per heavy atom. The maximum Gasteiger partial charge on any atom is 0.277 e. The Hall–Kier alpha value is -3.59. The third-order valence-corrected chi connectivity index (χ3v) is 6.24. The molecule has 0 bridgehead atoms. The molecule has 0 fully saturated rings. The Morgan fingerprint density at radius 3 is 2.33 bits per heavy atom. The van der Waals surface area contributed by atoms with E-state index in [0.717, 1.165) is 10.2 Å². The molecule has 0 aliphatic carbocycles. The summed E-state index contributed by atoms with van der Waals surface area (Å²) in [6.45, 7) is 1.86. The third-order valence-electron chi connectivity index (χ3n) is 4.61. The van der Waals surface area contributed by atoms with E-state index in [0.29, 0.717) is 17.0 Å². The highest BCUT2D eigenvalue weighted by Gasteiger charge is 2.26. The van der Waals surface area contributed by atoms with E-state index in [9.17, 15) is 12.8 Å². The van der Waals surface area contributed by atoms with Crippen molar-refractivity contribution >= 4 is 9.84 Å². The van der Waals surface area contributed by atoms with E-state index in [4.69, 9.17) is 4.74 Å². The summed E-state index contributed by atoms with van der Waals surface area (Å²) in [7, 11) is -2.43. The van der Waals surface area contributed by atoms with Gasteiger partial charge in [0.15, 0.2) is 0 Å². The third kappa shape index (κ3) is 3.55. The first-order valence-corrected chi connectivity index (χ1v) is 10.4. The lowest BCUT2D eigenvalue weighted by Gasteiger charge is -2.10. The number of hydrogen-bond donors (Lipinski definition) is 0. The first-order chi connectivity index (χ1) is 14.4. The summed E-state index contributed by atoms with van der Waals surface area (Å²) < 4.78 is 46.8. The van der Waals surface area contributed by atoms with Crippen molar-refractivity contribution in [2.45, 2.75) is 17.0 Å². The zero-order chi connectivity index (χ0) is 21.3. The lowest BCUT2D eigenvalue weighted by molar-refractivity contribution is 0.415. The average Bonchev–Trinajstić information content (AvgIpc) is 3.25. The molecule has 0 amide bonds. The monoisotopic (exact) mass is 424 g/mol. The smallest absolute Gasteiger partial charge is 0.277 e. The van der Waals surface area contributed by atoms with E-state index in [2.05, 4.69) is 15.5 Å². The quantitative estimate of drug-likeness (QED) is 0.486. The minimum Gasteiger partial charge on any atom is -0.497 e. The summed E-state index contributed by atoms with van der Waals surface area (Å²) in [6, 6.07) is 17.4. The lowest BCUT2D eigenvalue weighted by atomic mass is 10.0. The van der Waals surface area contributed by atoms with Crippen molar-refractivity contribution in [3.05, 3.63) is 78.1 Å². The molecular weight excluding hydrogens is 407 g/mol. The summed E-state index contributed by atoms with van der Waals surface area (Å²) in [5.41, 5.74) is 2.13. The fraction of sp³-hybridized carbons (Fsp3) is 0.0952. The number of tetrazole rings is 1. The number of rotatable bonds is 5. The van der Waals surface area contributed by atoms with Crippen LogP contribution in [0.5, 0.6) is 5.75 Å². The molecule has 3 aromatic carbocycles. The molecule has 0 aliphatic heterocycles. The summed E-state index contributed by atoms with van der Waals surface area (Å²) >= 11 is 0. The molecule has 1 aromatic heterocycles. The molecular formula is C21H17FN4O3S. The van der Waals surface area contributed by atoms with Crippen LogP contribution in [0.2, 0.25) is 0 Å². The van der Waals surface area contributed by atoms with Gasteiger partial charge in [0, 0.05) is 5.56 Å². The van der Waals surface area contributed by atoms with Gasteiger partial charge in [-0.1, -0.05) is 34.9 Å². The van der Waals surface area contributed by atoms with Crippen molar-refractivity contribution < 1.29 is 17.5 Å². The van der Waals surface area contributed by atoms with Crippen LogP contribution >= 0.6 is 0 Å². The van der Waals surface area contributed by atoms with Gasteiger partial charge in [-0.05, 0) is 65.4 Å². The molecule has 0 saturated carbocycles. The van der Waals surface area contributed by atoms with Crippen LogP contribution in [0.4, 0.5) is 4.39 Å². The first kappa shape index (κ1) is 19.7. The summed E-state index contributed by atoms with van der Waals surface area (Å²) in [5.74, 6) is 0.183. The Morgan fingerprint density at radius 1 is 0.967 bits per heavy atom. The maximum atomic E-state index is 14.5. The van der Waals surface area contributed by atoms with Crippen LogP contribution in [-0.4, -0.2) is 35.7 Å². The Bertz CT molecular complexity index is 1300. The minimum absolute atomic E-state index is 0.0710. The van der Waals surface area contributed by atoms with Crippen molar-refractivity contribution in [3.63, 3.8) is 0 Å². The second kappa shape index (κ2) is 7.68. The van der Waals surface area contributed by atoms with E-state index in [-0.39, 0.29) is 15.6 Å². The van der Waals surface area contributed by atoms with E-state index in [1.165, 1.54) is 30.3 Å². The molecule has 4 rings (SSSR count). The van der Waals surface area contributed by atoms with Gasteiger partial charge in [0.2, 0.25) is 9.84 Å². The van der Waals surface area contributed by atoms with Crippen LogP contribution in [0, 0.1) is 12.7 Å². The van der Waals surface area contributed by atoms with Crippen molar-refractivity contribution in [2.24, 2.45) is 0 Å². The standard InChI is InChI=1S/C21H17FN4O3S/c1-14-3-10-18(11-4-14)30(27,28)21-23-24-25-26(21)16-7-12-20(22)19(13-16)15-5-8-17(29-2)9-6-15/h3-13H,1-2H3. The molecule has 1 heterocycles. The highest BCUT2D eigenvalue weighted by molar-refractivity contribution is 7.91. The summed E-state index contributed by atoms with van der Waals surface area (Å²) in [4.78, 5) is 0.0710. The molecule has 0 aliphatic rings. The molecule has 0 radical (unpaired) electrons. The molecule has 0 N–H and O–H groups in total. The van der Waals surface area contributed by atoms with Gasteiger partial charge in [-0.25, -0.2) is 12.8 Å². The fourth-order valence-corrected chi connectivity index (χ4v) is 4.19. The average molecular weight is 424 g/mol. The van der Waals surface area contributed by atoms with E-state index < -0.39 is 15.7 Å². The van der Waals surface area contributed by atoms with E-state index in [1.807, 2.05) is 6.92 Å². The molecule has 0 spiro atoms. The van der Waals surface area contributed by atoms with Crippen molar-refractivity contribution in [1.82, 2.24) is 20.2 Å². The van der Waals surface area contributed by atoms with Gasteiger partial charge in [-0.2, -0.15) is 4.68 Å². The van der Waals surface area contributed by atoms with E-state index >= 15 is 0 Å². The van der Waals surface area contributed by atoms with Gasteiger partial charge in [0.25, 0.3) is 5.16 Å². The number of aryl methyl sites for hydroxylation is 1. The molecule has 30 heavy (non-hydrogen) atoms. The van der Waals surface area contributed by atoms with Gasteiger partial charge >= 0.3 is 0 Å². The molecule has 0 saturated heterocycles. The van der Waals surface area contributed by atoms with Crippen LogP contribution in [0.15, 0.2) is 76.8 Å². The highest BCUT2D eigenvalue weighted by atomic mass is 32.2. The topological polar surface area (TPSA) is 87.0 Å². The van der Waals surface area contributed by atoms with Gasteiger partial charge in [-0.15, -0.1) is 0 Å². The Balaban J connectivity index is 1.79. The Kier molecular flexibility index (Phi) is 5.04. The second-order valence-electron chi connectivity index (χ2n) is 6.58. The molecule has 0 atom stereocenters. The molecule has 152 valence electrons.